The van der Waals surface area contributed by atoms with Crippen LogP contribution in [0.4, 0.5) is 5.69 Å². The number of aliphatic hydroxyl groups excluding tert-OH is 1. The minimum atomic E-state index is -0.869. The standard InChI is InChI=1S/C27H32N4O4/c1-19(32)31(23-9-3-2-4-10-23)14-13-26(34)30-25(27(35)29-18-24(33)17-28)16-20-11-12-21-7-5-6-8-22(21)15-20/h2-12,15,24-25,33H,13-14,16-18,28H2,1H3,(H,29,35)(H,30,34). The number of nitrogens with one attached hydrogen (secondary N) is 2. The average Bonchev–Trinajstić information content (AvgIpc) is 2.87. The van der Waals surface area contributed by atoms with E-state index in [2.05, 4.69) is 10.6 Å². The van der Waals surface area contributed by atoms with Gasteiger partial charge in [0.15, 0.2) is 0 Å². The zero-order chi connectivity index (χ0) is 25.2. The molecule has 3 rings (SSSR count). The van der Waals surface area contributed by atoms with Crippen molar-refractivity contribution < 1.29 is 19.5 Å². The van der Waals surface area contributed by atoms with Gasteiger partial charge < -0.3 is 26.4 Å². The van der Waals surface area contributed by atoms with Crippen LogP contribution in [0.5, 0.6) is 0 Å². The topological polar surface area (TPSA) is 125 Å². The highest BCUT2D eigenvalue weighted by atomic mass is 16.3. The monoisotopic (exact) mass is 476 g/mol. The molecule has 0 saturated heterocycles. The first-order chi connectivity index (χ1) is 16.9. The number of carbonyl (C=O) groups excluding carboxylic acids is 3. The summed E-state index contributed by atoms with van der Waals surface area (Å²) in [6.45, 7) is 1.64. The number of rotatable bonds is 11. The van der Waals surface area contributed by atoms with Crippen LogP contribution in [0, 0.1) is 0 Å². The molecule has 3 amide bonds. The highest BCUT2D eigenvalue weighted by Gasteiger charge is 2.23. The van der Waals surface area contributed by atoms with Gasteiger partial charge in [0, 0.05) is 45.1 Å². The molecule has 0 aliphatic heterocycles. The Morgan fingerprint density at radius 1 is 0.971 bits per heavy atom. The SMILES string of the molecule is CC(=O)N(CCC(=O)NC(Cc1ccc2ccccc2c1)C(=O)NCC(O)CN)c1ccccc1. The van der Waals surface area contributed by atoms with Gasteiger partial charge in [-0.05, 0) is 28.5 Å². The van der Waals surface area contributed by atoms with Crippen LogP contribution in [0.15, 0.2) is 72.8 Å². The largest absolute Gasteiger partial charge is 0.390 e. The van der Waals surface area contributed by atoms with Crippen molar-refractivity contribution in [2.24, 2.45) is 5.73 Å². The molecule has 0 aromatic heterocycles. The molecule has 35 heavy (non-hydrogen) atoms. The molecule has 0 fully saturated rings. The summed E-state index contributed by atoms with van der Waals surface area (Å²) in [6, 6.07) is 22.1. The molecule has 0 aliphatic carbocycles. The summed E-state index contributed by atoms with van der Waals surface area (Å²) in [4.78, 5) is 39.3. The molecule has 3 aromatic carbocycles. The Morgan fingerprint density at radius 3 is 2.34 bits per heavy atom. The van der Waals surface area contributed by atoms with E-state index in [0.717, 1.165) is 16.3 Å². The number of anilines is 1. The predicted molar refractivity (Wildman–Crippen MR) is 137 cm³/mol. The smallest absolute Gasteiger partial charge is 0.243 e. The lowest BCUT2D eigenvalue weighted by atomic mass is 10.0. The van der Waals surface area contributed by atoms with E-state index in [9.17, 15) is 19.5 Å². The third-order valence-corrected chi connectivity index (χ3v) is 5.70. The van der Waals surface area contributed by atoms with Crippen LogP contribution >= 0.6 is 0 Å². The van der Waals surface area contributed by atoms with Crippen LogP contribution in [0.25, 0.3) is 10.8 Å². The minimum Gasteiger partial charge on any atom is -0.390 e. The zero-order valence-electron chi connectivity index (χ0n) is 19.8. The Kier molecular flexibility index (Phi) is 9.34. The lowest BCUT2D eigenvalue weighted by Crippen LogP contribution is -2.50. The van der Waals surface area contributed by atoms with Crippen LogP contribution in [-0.4, -0.2) is 54.6 Å². The fourth-order valence-corrected chi connectivity index (χ4v) is 3.79. The third kappa shape index (κ3) is 7.63. The van der Waals surface area contributed by atoms with Gasteiger partial charge in [-0.25, -0.2) is 0 Å². The number of amides is 3. The number of aliphatic hydroxyl groups is 1. The number of benzene rings is 3. The molecular weight excluding hydrogens is 444 g/mol. The molecule has 2 unspecified atom stereocenters. The van der Waals surface area contributed by atoms with Crippen LogP contribution in [0.1, 0.15) is 18.9 Å². The van der Waals surface area contributed by atoms with Gasteiger partial charge in [0.1, 0.15) is 6.04 Å². The number of nitrogens with zero attached hydrogens (tertiary/aromatic N) is 1. The lowest BCUT2D eigenvalue weighted by Gasteiger charge is -2.23. The second kappa shape index (κ2) is 12.6. The zero-order valence-corrected chi connectivity index (χ0v) is 19.8. The maximum Gasteiger partial charge on any atom is 0.243 e. The number of nitrogens with two attached hydrogens (primary N) is 1. The van der Waals surface area contributed by atoms with Crippen LogP contribution in [-0.2, 0) is 20.8 Å². The van der Waals surface area contributed by atoms with Crippen LogP contribution in [0.2, 0.25) is 0 Å². The number of hydrogen-bond acceptors (Lipinski definition) is 5. The number of carbonyl (C=O) groups is 3. The number of para-hydroxylation sites is 1. The molecule has 0 radical (unpaired) electrons. The van der Waals surface area contributed by atoms with Gasteiger partial charge in [-0.1, -0.05) is 60.7 Å². The predicted octanol–water partition coefficient (Wildman–Crippen LogP) is 1.75. The Bertz CT molecular complexity index is 1150. The van der Waals surface area contributed by atoms with Crippen LogP contribution in [0.3, 0.4) is 0 Å². The Labute approximate surface area is 205 Å². The van der Waals surface area contributed by atoms with Crippen molar-refractivity contribution >= 4 is 34.2 Å². The van der Waals surface area contributed by atoms with E-state index in [0.29, 0.717) is 5.69 Å². The minimum absolute atomic E-state index is 0.00839. The lowest BCUT2D eigenvalue weighted by molar-refractivity contribution is -0.129. The van der Waals surface area contributed by atoms with Crippen molar-refractivity contribution in [3.8, 4) is 0 Å². The van der Waals surface area contributed by atoms with Crippen molar-refractivity contribution in [3.63, 3.8) is 0 Å². The van der Waals surface area contributed by atoms with E-state index < -0.39 is 18.1 Å². The summed E-state index contributed by atoms with van der Waals surface area (Å²) in [6.07, 6.45) is -0.566. The molecule has 3 aromatic rings. The summed E-state index contributed by atoms with van der Waals surface area (Å²) >= 11 is 0. The molecule has 8 heteroatoms. The first kappa shape index (κ1) is 25.9. The van der Waals surface area contributed by atoms with Crippen molar-refractivity contribution in [1.82, 2.24) is 10.6 Å². The molecule has 0 spiro atoms. The summed E-state index contributed by atoms with van der Waals surface area (Å²) in [5.41, 5.74) is 7.02. The molecule has 8 nitrogen and oxygen atoms in total. The highest BCUT2D eigenvalue weighted by Crippen LogP contribution is 2.17. The molecule has 0 bridgehead atoms. The Hall–Kier alpha value is -3.75. The number of hydrogen-bond donors (Lipinski definition) is 4. The number of fused-ring (bicyclic) bond motifs is 1. The van der Waals surface area contributed by atoms with Gasteiger partial charge >= 0.3 is 0 Å². The van der Waals surface area contributed by atoms with Crippen LogP contribution < -0.4 is 21.3 Å². The van der Waals surface area contributed by atoms with E-state index in [1.165, 1.54) is 11.8 Å². The Balaban J connectivity index is 1.70. The van der Waals surface area contributed by atoms with E-state index >= 15 is 0 Å². The van der Waals surface area contributed by atoms with E-state index in [1.807, 2.05) is 60.7 Å². The fraction of sp³-hybridized carbons (Fsp3) is 0.296. The fourth-order valence-electron chi connectivity index (χ4n) is 3.79. The summed E-state index contributed by atoms with van der Waals surface area (Å²) in [5, 5.41) is 17.3. The van der Waals surface area contributed by atoms with Gasteiger partial charge in [-0.15, -0.1) is 0 Å². The summed E-state index contributed by atoms with van der Waals surface area (Å²) in [5.74, 6) is -0.941. The van der Waals surface area contributed by atoms with Gasteiger partial charge in [0.05, 0.1) is 6.10 Å². The van der Waals surface area contributed by atoms with Gasteiger partial charge in [0.2, 0.25) is 17.7 Å². The summed E-state index contributed by atoms with van der Waals surface area (Å²) in [7, 11) is 0. The average molecular weight is 477 g/mol. The maximum absolute atomic E-state index is 12.9. The molecule has 0 heterocycles. The summed E-state index contributed by atoms with van der Waals surface area (Å²) < 4.78 is 0. The van der Waals surface area contributed by atoms with E-state index in [4.69, 9.17) is 5.73 Å². The maximum atomic E-state index is 12.9. The van der Waals surface area contributed by atoms with E-state index in [-0.39, 0.29) is 44.3 Å². The third-order valence-electron chi connectivity index (χ3n) is 5.70. The van der Waals surface area contributed by atoms with Crippen molar-refractivity contribution in [1.29, 1.82) is 0 Å². The van der Waals surface area contributed by atoms with Crippen molar-refractivity contribution in [3.05, 3.63) is 78.4 Å². The van der Waals surface area contributed by atoms with Gasteiger partial charge in [-0.3, -0.25) is 14.4 Å². The first-order valence-electron chi connectivity index (χ1n) is 11.6. The molecule has 184 valence electrons. The Morgan fingerprint density at radius 2 is 1.66 bits per heavy atom. The second-order valence-electron chi connectivity index (χ2n) is 8.40. The second-order valence-corrected chi connectivity index (χ2v) is 8.40. The normalized spacial score (nSPS) is 12.5. The first-order valence-corrected chi connectivity index (χ1v) is 11.6. The van der Waals surface area contributed by atoms with Gasteiger partial charge in [0.25, 0.3) is 0 Å². The van der Waals surface area contributed by atoms with Gasteiger partial charge in [-0.2, -0.15) is 0 Å². The quantitative estimate of drug-likeness (QED) is 0.336. The molecule has 2 atom stereocenters. The van der Waals surface area contributed by atoms with Crippen molar-refractivity contribution in [2.75, 3.05) is 24.5 Å². The molecular formula is C27H32N4O4. The molecule has 0 aliphatic rings. The van der Waals surface area contributed by atoms with Crippen molar-refractivity contribution in [2.45, 2.75) is 31.9 Å². The molecule has 0 saturated carbocycles. The van der Waals surface area contributed by atoms with E-state index in [1.54, 1.807) is 12.1 Å². The molecule has 5 N–H and O–H groups in total. The highest BCUT2D eigenvalue weighted by molar-refractivity contribution is 5.93.